The van der Waals surface area contributed by atoms with Crippen LogP contribution in [0.25, 0.3) is 21.1 Å². The van der Waals surface area contributed by atoms with Crippen molar-refractivity contribution < 1.29 is 14.6 Å². The third-order valence-electron chi connectivity index (χ3n) is 6.03. The number of benzene rings is 2. The van der Waals surface area contributed by atoms with Gasteiger partial charge in [0.15, 0.2) is 0 Å². The molecule has 0 unspecified atom stereocenters. The Labute approximate surface area is 204 Å². The lowest BCUT2D eigenvalue weighted by molar-refractivity contribution is -0.137. The predicted molar refractivity (Wildman–Crippen MR) is 135 cm³/mol. The average molecular weight is 481 g/mol. The van der Waals surface area contributed by atoms with Gasteiger partial charge in [0.05, 0.1) is 6.10 Å². The maximum absolute atomic E-state index is 10.8. The maximum Gasteiger partial charge on any atom is 0.303 e. The second-order valence-corrected chi connectivity index (χ2v) is 9.91. The highest BCUT2D eigenvalue weighted by molar-refractivity contribution is 7.17. The summed E-state index contributed by atoms with van der Waals surface area (Å²) >= 11 is 1.58. The molecular weight excluding hydrogens is 448 g/mol. The minimum absolute atomic E-state index is 0.0920. The largest absolute Gasteiger partial charge is 0.491 e. The summed E-state index contributed by atoms with van der Waals surface area (Å²) in [7, 11) is 0. The molecular formula is C26H32N4O3S. The number of aliphatic carboxylic acids is 1. The standard InChI is InChI=1S/C26H32N4O3S/c1-17(2)33-23-8-7-21(15-22(23)16-27)26-29-28-25(34-26)20-6-5-18-9-12-30(11-3-4-24(31)32)13-10-19(18)14-20/h5-8,14-15,17H,3-4,9-13,16,27H2,1-2H3,(H,31,32). The number of carboxylic acids is 1. The molecule has 0 aliphatic carbocycles. The van der Waals surface area contributed by atoms with E-state index in [0.29, 0.717) is 13.0 Å². The molecule has 0 spiro atoms. The van der Waals surface area contributed by atoms with Crippen molar-refractivity contribution in [1.82, 2.24) is 15.1 Å². The first-order chi connectivity index (χ1) is 16.4. The number of rotatable bonds is 9. The van der Waals surface area contributed by atoms with E-state index in [1.165, 1.54) is 11.1 Å². The van der Waals surface area contributed by atoms with E-state index in [9.17, 15) is 4.79 Å². The summed E-state index contributed by atoms with van der Waals surface area (Å²) in [5, 5.41) is 19.6. The topological polar surface area (TPSA) is 102 Å². The average Bonchev–Trinajstić information content (AvgIpc) is 3.22. The zero-order valence-electron chi connectivity index (χ0n) is 19.8. The van der Waals surface area contributed by atoms with Crippen molar-refractivity contribution in [1.29, 1.82) is 0 Å². The lowest BCUT2D eigenvalue weighted by Gasteiger charge is -2.18. The van der Waals surface area contributed by atoms with Crippen LogP contribution < -0.4 is 10.5 Å². The van der Waals surface area contributed by atoms with Crippen LogP contribution in [-0.2, 0) is 24.2 Å². The molecule has 8 heteroatoms. The molecule has 2 aromatic carbocycles. The Kier molecular flexibility index (Phi) is 7.92. The van der Waals surface area contributed by atoms with Gasteiger partial charge < -0.3 is 20.5 Å². The molecule has 180 valence electrons. The molecule has 3 aromatic rings. The fraction of sp³-hybridized carbons (Fsp3) is 0.423. The van der Waals surface area contributed by atoms with Crippen LogP contribution in [0.5, 0.6) is 5.75 Å². The van der Waals surface area contributed by atoms with Gasteiger partial charge in [-0.25, -0.2) is 0 Å². The monoisotopic (exact) mass is 480 g/mol. The van der Waals surface area contributed by atoms with E-state index in [1.807, 2.05) is 32.0 Å². The minimum atomic E-state index is -0.724. The van der Waals surface area contributed by atoms with Crippen LogP contribution in [0.4, 0.5) is 0 Å². The van der Waals surface area contributed by atoms with E-state index in [1.54, 1.807) is 11.3 Å². The predicted octanol–water partition coefficient (Wildman–Crippen LogP) is 4.38. The third-order valence-corrected chi connectivity index (χ3v) is 7.05. The Balaban J connectivity index is 1.48. The number of aromatic nitrogens is 2. The van der Waals surface area contributed by atoms with E-state index in [4.69, 9.17) is 15.6 Å². The summed E-state index contributed by atoms with van der Waals surface area (Å²) in [5.41, 5.74) is 11.7. The van der Waals surface area contributed by atoms with E-state index < -0.39 is 5.97 Å². The van der Waals surface area contributed by atoms with Crippen LogP contribution in [0.3, 0.4) is 0 Å². The molecule has 0 amide bonds. The molecule has 0 radical (unpaired) electrons. The van der Waals surface area contributed by atoms with E-state index >= 15 is 0 Å². The molecule has 2 heterocycles. The number of nitrogens with two attached hydrogens (primary N) is 1. The quantitative estimate of drug-likeness (QED) is 0.468. The van der Waals surface area contributed by atoms with Gasteiger partial charge in [-0.15, -0.1) is 10.2 Å². The highest BCUT2D eigenvalue weighted by Gasteiger charge is 2.17. The van der Waals surface area contributed by atoms with Crippen LogP contribution in [0.15, 0.2) is 36.4 Å². The molecule has 0 saturated carbocycles. The molecule has 0 bridgehead atoms. The highest BCUT2D eigenvalue weighted by atomic mass is 32.1. The Morgan fingerprint density at radius 1 is 1.09 bits per heavy atom. The van der Waals surface area contributed by atoms with Crippen molar-refractivity contribution in [3.63, 3.8) is 0 Å². The zero-order chi connectivity index (χ0) is 24.1. The second kappa shape index (κ2) is 11.1. The SMILES string of the molecule is CC(C)Oc1ccc(-c2nnc(-c3ccc4c(c3)CCN(CCCC(=O)O)CC4)s2)cc1CN. The number of nitrogens with zero attached hydrogens (tertiary/aromatic N) is 3. The smallest absolute Gasteiger partial charge is 0.303 e. The fourth-order valence-electron chi connectivity index (χ4n) is 4.28. The first kappa shape index (κ1) is 24.3. The Bertz CT molecular complexity index is 1140. The molecule has 3 N–H and O–H groups in total. The Morgan fingerprint density at radius 2 is 1.76 bits per heavy atom. The fourth-order valence-corrected chi connectivity index (χ4v) is 5.12. The van der Waals surface area contributed by atoms with Gasteiger partial charge in [0.25, 0.3) is 0 Å². The molecule has 0 fully saturated rings. The molecule has 1 aromatic heterocycles. The summed E-state index contributed by atoms with van der Waals surface area (Å²) < 4.78 is 5.86. The van der Waals surface area contributed by atoms with E-state index in [2.05, 4.69) is 33.3 Å². The Morgan fingerprint density at radius 3 is 2.44 bits per heavy atom. The zero-order valence-corrected chi connectivity index (χ0v) is 20.6. The van der Waals surface area contributed by atoms with Crippen molar-refractivity contribution in [2.24, 2.45) is 5.73 Å². The number of hydrogen-bond donors (Lipinski definition) is 2. The van der Waals surface area contributed by atoms with Gasteiger partial charge in [-0.1, -0.05) is 23.5 Å². The van der Waals surface area contributed by atoms with Crippen LogP contribution in [0, 0.1) is 0 Å². The van der Waals surface area contributed by atoms with Crippen LogP contribution in [0.2, 0.25) is 0 Å². The van der Waals surface area contributed by atoms with E-state index in [-0.39, 0.29) is 12.5 Å². The summed E-state index contributed by atoms with van der Waals surface area (Å²) in [6.45, 7) is 7.16. The maximum atomic E-state index is 10.8. The summed E-state index contributed by atoms with van der Waals surface area (Å²) in [4.78, 5) is 13.2. The number of carbonyl (C=O) groups is 1. The van der Waals surface area contributed by atoms with Gasteiger partial charge in [0.1, 0.15) is 15.8 Å². The molecule has 0 atom stereocenters. The first-order valence-electron chi connectivity index (χ1n) is 11.8. The molecule has 0 saturated heterocycles. The number of carboxylic acid groups (broad SMARTS) is 1. The third kappa shape index (κ3) is 6.00. The highest BCUT2D eigenvalue weighted by Crippen LogP contribution is 2.34. The van der Waals surface area contributed by atoms with Gasteiger partial charge in [0.2, 0.25) is 0 Å². The molecule has 34 heavy (non-hydrogen) atoms. The van der Waals surface area contributed by atoms with Crippen molar-refractivity contribution >= 4 is 17.3 Å². The minimum Gasteiger partial charge on any atom is -0.491 e. The van der Waals surface area contributed by atoms with Gasteiger partial charge >= 0.3 is 5.97 Å². The summed E-state index contributed by atoms with van der Waals surface area (Å²) in [6, 6.07) is 12.6. The van der Waals surface area contributed by atoms with Crippen LogP contribution in [0.1, 0.15) is 43.4 Å². The van der Waals surface area contributed by atoms with Gasteiger partial charge in [0, 0.05) is 42.7 Å². The number of hydrogen-bond acceptors (Lipinski definition) is 7. The number of fused-ring (bicyclic) bond motifs is 1. The van der Waals surface area contributed by atoms with E-state index in [0.717, 1.165) is 64.9 Å². The summed E-state index contributed by atoms with van der Waals surface area (Å²) in [5.74, 6) is 0.0898. The molecule has 7 nitrogen and oxygen atoms in total. The van der Waals surface area contributed by atoms with Gasteiger partial charge in [-0.2, -0.15) is 0 Å². The molecule has 1 aliphatic heterocycles. The lowest BCUT2D eigenvalue weighted by Crippen LogP contribution is -2.27. The van der Waals surface area contributed by atoms with Gasteiger partial charge in [-0.3, -0.25) is 4.79 Å². The summed E-state index contributed by atoms with van der Waals surface area (Å²) in [6.07, 6.45) is 2.96. The normalized spacial score (nSPS) is 14.1. The van der Waals surface area contributed by atoms with Crippen molar-refractivity contribution in [2.45, 2.75) is 52.2 Å². The number of ether oxygens (including phenoxy) is 1. The van der Waals surface area contributed by atoms with Crippen molar-refractivity contribution in [3.8, 4) is 26.9 Å². The lowest BCUT2D eigenvalue weighted by atomic mass is 10.0. The molecule has 1 aliphatic rings. The second-order valence-electron chi connectivity index (χ2n) is 8.93. The molecule has 4 rings (SSSR count). The first-order valence-corrected chi connectivity index (χ1v) is 12.6. The van der Waals surface area contributed by atoms with Gasteiger partial charge in [-0.05, 0) is 75.0 Å². The van der Waals surface area contributed by atoms with Crippen LogP contribution in [-0.4, -0.2) is 51.9 Å². The van der Waals surface area contributed by atoms with Crippen LogP contribution >= 0.6 is 11.3 Å². The van der Waals surface area contributed by atoms with Crippen molar-refractivity contribution in [3.05, 3.63) is 53.1 Å². The Hall–Kier alpha value is -2.81. The van der Waals surface area contributed by atoms with Crippen molar-refractivity contribution in [2.75, 3.05) is 19.6 Å².